The van der Waals surface area contributed by atoms with E-state index in [2.05, 4.69) is 29.1 Å². The number of hydrogen-bond donors (Lipinski definition) is 2. The molecular formula is C11H23IN4O. The molecule has 0 aromatic carbocycles. The summed E-state index contributed by atoms with van der Waals surface area (Å²) in [7, 11) is 3.43. The number of likely N-dealkylation sites (N-methyl/N-ethyl adjacent to an activating group) is 1. The Morgan fingerprint density at radius 3 is 2.53 bits per heavy atom. The van der Waals surface area contributed by atoms with Crippen LogP contribution in [0.25, 0.3) is 0 Å². The van der Waals surface area contributed by atoms with Crippen LogP contribution in [0, 0.1) is 0 Å². The van der Waals surface area contributed by atoms with Crippen LogP contribution >= 0.6 is 24.0 Å². The van der Waals surface area contributed by atoms with Crippen LogP contribution in [-0.2, 0) is 4.79 Å². The van der Waals surface area contributed by atoms with Crippen molar-refractivity contribution in [3.8, 4) is 0 Å². The van der Waals surface area contributed by atoms with Gasteiger partial charge in [0.05, 0.1) is 0 Å². The second-order valence-corrected chi connectivity index (χ2v) is 3.55. The molecule has 1 amide bonds. The molecule has 5 nitrogen and oxygen atoms in total. The summed E-state index contributed by atoms with van der Waals surface area (Å²) >= 11 is 0. The lowest BCUT2D eigenvalue weighted by Gasteiger charge is -2.12. The number of halogens is 1. The van der Waals surface area contributed by atoms with Crippen LogP contribution in [0.1, 0.15) is 13.3 Å². The van der Waals surface area contributed by atoms with Gasteiger partial charge in [-0.1, -0.05) is 13.0 Å². The van der Waals surface area contributed by atoms with Crippen LogP contribution in [-0.4, -0.2) is 50.5 Å². The van der Waals surface area contributed by atoms with Crippen LogP contribution in [0.3, 0.4) is 0 Å². The highest BCUT2D eigenvalue weighted by Crippen LogP contribution is 1.82. The monoisotopic (exact) mass is 354 g/mol. The topological polar surface area (TPSA) is 56.7 Å². The van der Waals surface area contributed by atoms with Gasteiger partial charge in [0, 0.05) is 27.2 Å². The largest absolute Gasteiger partial charge is 0.356 e. The lowest BCUT2D eigenvalue weighted by molar-refractivity contribution is -0.127. The Hall–Kier alpha value is -0.790. The van der Waals surface area contributed by atoms with Gasteiger partial charge >= 0.3 is 0 Å². The fourth-order valence-electron chi connectivity index (χ4n) is 0.875. The first-order valence-electron chi connectivity index (χ1n) is 5.45. The molecule has 0 aliphatic carbocycles. The molecule has 6 heteroatoms. The number of rotatable bonds is 6. The molecule has 0 rings (SSSR count). The molecule has 0 saturated heterocycles. The summed E-state index contributed by atoms with van der Waals surface area (Å²) in [5.74, 6) is 0.633. The summed E-state index contributed by atoms with van der Waals surface area (Å²) in [6, 6.07) is 0. The van der Waals surface area contributed by atoms with Crippen molar-refractivity contribution in [1.82, 2.24) is 15.5 Å². The molecule has 0 radical (unpaired) electrons. The summed E-state index contributed by atoms with van der Waals surface area (Å²) < 4.78 is 0. The van der Waals surface area contributed by atoms with Gasteiger partial charge in [0.1, 0.15) is 6.54 Å². The second-order valence-electron chi connectivity index (χ2n) is 3.55. The summed E-state index contributed by atoms with van der Waals surface area (Å²) in [6.45, 7) is 7.31. The zero-order valence-corrected chi connectivity index (χ0v) is 13.2. The van der Waals surface area contributed by atoms with Crippen LogP contribution in [0.5, 0.6) is 0 Å². The fourth-order valence-corrected chi connectivity index (χ4v) is 0.875. The van der Waals surface area contributed by atoms with Crippen molar-refractivity contribution in [1.29, 1.82) is 0 Å². The van der Waals surface area contributed by atoms with Crippen LogP contribution < -0.4 is 10.6 Å². The zero-order chi connectivity index (χ0) is 12.4. The molecule has 0 aromatic rings. The van der Waals surface area contributed by atoms with Crippen LogP contribution in [0.15, 0.2) is 17.6 Å². The average molecular weight is 354 g/mol. The maximum absolute atomic E-state index is 11.3. The quantitative estimate of drug-likeness (QED) is 0.322. The minimum atomic E-state index is -0.0174. The van der Waals surface area contributed by atoms with E-state index in [1.807, 2.05) is 0 Å². The van der Waals surface area contributed by atoms with Crippen molar-refractivity contribution in [2.24, 2.45) is 4.99 Å². The number of nitrogens with one attached hydrogen (secondary N) is 2. The Balaban J connectivity index is 0. The summed E-state index contributed by atoms with van der Waals surface area (Å²) in [5.41, 5.74) is 0. The highest BCUT2D eigenvalue weighted by Gasteiger charge is 2.03. The van der Waals surface area contributed by atoms with E-state index >= 15 is 0 Å². The molecule has 0 fully saturated rings. The molecule has 0 aliphatic rings. The maximum Gasteiger partial charge on any atom is 0.243 e. The highest BCUT2D eigenvalue weighted by molar-refractivity contribution is 14.0. The van der Waals surface area contributed by atoms with Gasteiger partial charge in [0.25, 0.3) is 0 Å². The van der Waals surface area contributed by atoms with E-state index in [-0.39, 0.29) is 36.4 Å². The van der Waals surface area contributed by atoms with E-state index in [0.717, 1.165) is 13.0 Å². The molecule has 0 aliphatic heterocycles. The Kier molecular flexibility index (Phi) is 12.8. The van der Waals surface area contributed by atoms with E-state index in [9.17, 15) is 4.79 Å². The zero-order valence-electron chi connectivity index (χ0n) is 10.8. The van der Waals surface area contributed by atoms with E-state index < -0.39 is 0 Å². The van der Waals surface area contributed by atoms with Gasteiger partial charge in [-0.3, -0.25) is 4.79 Å². The van der Waals surface area contributed by atoms with Crippen molar-refractivity contribution >= 4 is 35.8 Å². The third-order valence-corrected chi connectivity index (χ3v) is 1.83. The van der Waals surface area contributed by atoms with Crippen molar-refractivity contribution in [2.75, 3.05) is 33.7 Å². The number of amides is 1. The van der Waals surface area contributed by atoms with Crippen molar-refractivity contribution in [2.45, 2.75) is 13.3 Å². The molecule has 17 heavy (non-hydrogen) atoms. The smallest absolute Gasteiger partial charge is 0.243 e. The molecule has 0 bridgehead atoms. The Morgan fingerprint density at radius 2 is 2.06 bits per heavy atom. The van der Waals surface area contributed by atoms with Gasteiger partial charge in [0.2, 0.25) is 5.91 Å². The SMILES string of the molecule is C=CCNC(=NCC(=O)N(C)C)NCCC.I. The number of guanidine groups is 1. The third-order valence-electron chi connectivity index (χ3n) is 1.83. The van der Waals surface area contributed by atoms with Gasteiger partial charge in [-0.15, -0.1) is 30.6 Å². The molecule has 0 unspecified atom stereocenters. The normalized spacial score (nSPS) is 10.2. The van der Waals surface area contributed by atoms with E-state index in [1.165, 1.54) is 4.90 Å². The molecule has 0 aromatic heterocycles. The third kappa shape index (κ3) is 10.1. The standard InChI is InChI=1S/C11H22N4O.HI/c1-5-7-12-11(13-8-6-2)14-9-10(16)15(3)4;/h5H,1,6-9H2,2-4H3,(H2,12,13,14);1H. The first-order valence-corrected chi connectivity index (χ1v) is 5.45. The lowest BCUT2D eigenvalue weighted by atomic mass is 10.5. The van der Waals surface area contributed by atoms with E-state index in [4.69, 9.17) is 0 Å². The minimum absolute atomic E-state index is 0. The van der Waals surface area contributed by atoms with Crippen molar-refractivity contribution in [3.05, 3.63) is 12.7 Å². The summed E-state index contributed by atoms with van der Waals surface area (Å²) in [6.07, 6.45) is 2.76. The molecule has 0 saturated carbocycles. The number of carbonyl (C=O) groups is 1. The van der Waals surface area contributed by atoms with Gasteiger partial charge in [-0.2, -0.15) is 0 Å². The summed E-state index contributed by atoms with van der Waals surface area (Å²) in [5, 5.41) is 6.17. The van der Waals surface area contributed by atoms with Crippen LogP contribution in [0.2, 0.25) is 0 Å². The second kappa shape index (κ2) is 11.7. The van der Waals surface area contributed by atoms with Crippen molar-refractivity contribution in [3.63, 3.8) is 0 Å². The molecule has 100 valence electrons. The number of hydrogen-bond acceptors (Lipinski definition) is 2. The Bertz CT molecular complexity index is 254. The number of carbonyl (C=O) groups excluding carboxylic acids is 1. The molecule has 0 spiro atoms. The minimum Gasteiger partial charge on any atom is -0.356 e. The molecular weight excluding hydrogens is 331 g/mol. The predicted octanol–water partition coefficient (Wildman–Crippen LogP) is 0.824. The van der Waals surface area contributed by atoms with Gasteiger partial charge in [-0.25, -0.2) is 4.99 Å². The van der Waals surface area contributed by atoms with Crippen LogP contribution in [0.4, 0.5) is 0 Å². The number of aliphatic imine (C=N–C) groups is 1. The Morgan fingerprint density at radius 1 is 1.41 bits per heavy atom. The fraction of sp³-hybridized carbons (Fsp3) is 0.636. The molecule has 0 atom stereocenters. The average Bonchev–Trinajstić information content (AvgIpc) is 2.27. The lowest BCUT2D eigenvalue weighted by Crippen LogP contribution is -2.38. The first-order chi connectivity index (χ1) is 7.61. The Labute approximate surface area is 121 Å². The summed E-state index contributed by atoms with van der Waals surface area (Å²) in [4.78, 5) is 17.0. The number of nitrogens with zero attached hydrogens (tertiary/aromatic N) is 2. The van der Waals surface area contributed by atoms with Gasteiger partial charge in [0.15, 0.2) is 5.96 Å². The highest BCUT2D eigenvalue weighted by atomic mass is 127. The van der Waals surface area contributed by atoms with Gasteiger partial charge < -0.3 is 15.5 Å². The van der Waals surface area contributed by atoms with Gasteiger partial charge in [-0.05, 0) is 6.42 Å². The van der Waals surface area contributed by atoms with E-state index in [0.29, 0.717) is 12.5 Å². The van der Waals surface area contributed by atoms with Crippen molar-refractivity contribution < 1.29 is 4.79 Å². The molecule has 0 heterocycles. The first kappa shape index (κ1) is 18.6. The predicted molar refractivity (Wildman–Crippen MR) is 82.9 cm³/mol. The van der Waals surface area contributed by atoms with E-state index in [1.54, 1.807) is 20.2 Å². The molecule has 2 N–H and O–H groups in total. The maximum atomic E-state index is 11.3.